The first-order chi connectivity index (χ1) is 29.2. The highest BCUT2D eigenvalue weighted by molar-refractivity contribution is 7.91. The van der Waals surface area contributed by atoms with Gasteiger partial charge in [0, 0.05) is 43.3 Å². The third kappa shape index (κ3) is 8.61. The minimum Gasteiger partial charge on any atom is -0.489 e. The van der Waals surface area contributed by atoms with Gasteiger partial charge in [-0.15, -0.1) is 0 Å². The third-order valence-electron chi connectivity index (χ3n) is 13.5. The van der Waals surface area contributed by atoms with E-state index in [1.54, 1.807) is 18.3 Å². The van der Waals surface area contributed by atoms with E-state index in [1.807, 2.05) is 39.1 Å². The first-order valence-electron chi connectivity index (χ1n) is 21.4. The van der Waals surface area contributed by atoms with Gasteiger partial charge in [-0.1, -0.05) is 32.4 Å². The van der Waals surface area contributed by atoms with Gasteiger partial charge < -0.3 is 34.6 Å². The molecule has 2 saturated carbocycles. The Bertz CT molecular complexity index is 2230. The number of anilines is 1. The van der Waals surface area contributed by atoms with Crippen molar-refractivity contribution in [2.75, 3.05) is 38.3 Å². The zero-order valence-electron chi connectivity index (χ0n) is 36.0. The molecule has 0 spiro atoms. The molecule has 3 fully saturated rings. The SMILES string of the molecule is CC[C@@H]1C[C@@H](C)CC/C=C\[C@@H]2C[C@@]2(C(=O)NS(=O)(=O)C2(CF)CC2)NC(=O)[C@@H]2C[C@@H](Oc3nccc4c5c(ccc34)N(C)CCO5)CN2C(=O)[C@H]1NC(=O)OC(C)(C)C(C)(F)F. The van der Waals surface area contributed by atoms with Crippen LogP contribution in [0.5, 0.6) is 11.6 Å². The van der Waals surface area contributed by atoms with Gasteiger partial charge in [-0.25, -0.2) is 31.4 Å². The largest absolute Gasteiger partial charge is 0.489 e. The molecule has 0 bridgehead atoms. The number of pyridine rings is 1. The zero-order chi connectivity index (χ0) is 45.0. The van der Waals surface area contributed by atoms with Crippen molar-refractivity contribution in [2.45, 2.75) is 126 Å². The highest BCUT2D eigenvalue weighted by Crippen LogP contribution is 2.48. The van der Waals surface area contributed by atoms with Crippen molar-refractivity contribution in [3.05, 3.63) is 36.5 Å². The number of fused-ring (bicyclic) bond motifs is 5. The van der Waals surface area contributed by atoms with Gasteiger partial charge in [-0.2, -0.15) is 0 Å². The summed E-state index contributed by atoms with van der Waals surface area (Å²) in [7, 11) is -2.49. The van der Waals surface area contributed by atoms with E-state index < -0.39 is 92.3 Å². The van der Waals surface area contributed by atoms with E-state index in [4.69, 9.17) is 14.2 Å². The first-order valence-corrected chi connectivity index (χ1v) is 22.9. The molecule has 19 heteroatoms. The minimum absolute atomic E-state index is 0.00994. The molecule has 3 N–H and O–H groups in total. The molecular weight excluding hydrogens is 834 g/mol. The highest BCUT2D eigenvalue weighted by atomic mass is 32.2. The number of carbonyl (C=O) groups excluding carboxylic acids is 4. The third-order valence-corrected chi connectivity index (χ3v) is 15.6. The molecule has 1 aromatic carbocycles. The lowest BCUT2D eigenvalue weighted by molar-refractivity contribution is -0.152. The predicted molar refractivity (Wildman–Crippen MR) is 223 cm³/mol. The van der Waals surface area contributed by atoms with Crippen LogP contribution in [0.3, 0.4) is 0 Å². The Kier molecular flexibility index (Phi) is 12.2. The Morgan fingerprint density at radius 2 is 1.85 bits per heavy atom. The van der Waals surface area contributed by atoms with Gasteiger partial charge in [0.15, 0.2) is 11.4 Å². The number of hydrogen-bond donors (Lipinski definition) is 3. The summed E-state index contributed by atoms with van der Waals surface area (Å²) in [5.74, 6) is -6.23. The Morgan fingerprint density at radius 1 is 1.11 bits per heavy atom. The van der Waals surface area contributed by atoms with E-state index in [0.29, 0.717) is 56.9 Å². The normalized spacial score (nSPS) is 29.4. The first kappa shape index (κ1) is 45.2. The van der Waals surface area contributed by atoms with Crippen LogP contribution in [-0.2, 0) is 29.1 Å². The molecular formula is C43H57F3N6O9S. The monoisotopic (exact) mass is 890 g/mol. The summed E-state index contributed by atoms with van der Waals surface area (Å²) in [4.78, 5) is 65.0. The number of nitrogens with one attached hydrogen (secondary N) is 3. The number of allylic oxidation sites excluding steroid dienone is 1. The van der Waals surface area contributed by atoms with Crippen LogP contribution in [-0.4, -0.2) is 116 Å². The van der Waals surface area contributed by atoms with Gasteiger partial charge in [0.05, 0.1) is 18.8 Å². The van der Waals surface area contributed by atoms with Gasteiger partial charge in [-0.3, -0.25) is 19.1 Å². The summed E-state index contributed by atoms with van der Waals surface area (Å²) in [5, 5.41) is 6.73. The summed E-state index contributed by atoms with van der Waals surface area (Å²) in [6, 6.07) is 2.88. The number of nitrogens with zero attached hydrogens (tertiary/aromatic N) is 3. The summed E-state index contributed by atoms with van der Waals surface area (Å²) in [6.45, 7) is 6.38. The number of likely N-dealkylation sites (N-methyl/N-ethyl adjacent to an activating group) is 1. The Hall–Kier alpha value is -4.81. The van der Waals surface area contributed by atoms with Crippen molar-refractivity contribution in [1.82, 2.24) is 25.2 Å². The quantitative estimate of drug-likeness (QED) is 0.268. The van der Waals surface area contributed by atoms with Gasteiger partial charge in [0.25, 0.3) is 11.8 Å². The number of halogens is 3. The number of sulfonamides is 1. The molecule has 15 nitrogen and oxygen atoms in total. The van der Waals surface area contributed by atoms with E-state index in [9.17, 15) is 36.0 Å². The van der Waals surface area contributed by atoms with E-state index >= 15 is 4.79 Å². The van der Waals surface area contributed by atoms with Crippen molar-refractivity contribution in [3.63, 3.8) is 0 Å². The summed E-state index contributed by atoms with van der Waals surface area (Å²) in [5.41, 5.74) is -3.09. The van der Waals surface area contributed by atoms with Gasteiger partial charge >= 0.3 is 6.09 Å². The van der Waals surface area contributed by atoms with Crippen LogP contribution in [0.2, 0.25) is 0 Å². The molecule has 340 valence electrons. The van der Waals surface area contributed by atoms with Gasteiger partial charge in [0.1, 0.15) is 41.8 Å². The van der Waals surface area contributed by atoms with Crippen LogP contribution < -0.4 is 29.7 Å². The molecule has 2 aromatic rings. The number of ether oxygens (including phenoxy) is 3. The van der Waals surface area contributed by atoms with Gasteiger partial charge in [0.2, 0.25) is 27.7 Å². The predicted octanol–water partition coefficient (Wildman–Crippen LogP) is 5.17. The lowest BCUT2D eigenvalue weighted by atomic mass is 9.85. The van der Waals surface area contributed by atoms with Crippen LogP contribution in [0, 0.1) is 17.8 Å². The lowest BCUT2D eigenvalue weighted by Gasteiger charge is -2.35. The van der Waals surface area contributed by atoms with Crippen molar-refractivity contribution >= 4 is 50.3 Å². The van der Waals surface area contributed by atoms with Crippen LogP contribution in [0.1, 0.15) is 86.0 Å². The van der Waals surface area contributed by atoms with Gasteiger partial charge in [-0.05, 0) is 82.4 Å². The topological polar surface area (TPSA) is 186 Å². The molecule has 62 heavy (non-hydrogen) atoms. The average Bonchev–Trinajstić information content (AvgIpc) is 4.11. The average molecular weight is 891 g/mol. The highest BCUT2D eigenvalue weighted by Gasteiger charge is 2.64. The number of amides is 4. The molecule has 4 amide bonds. The van der Waals surface area contributed by atoms with Crippen LogP contribution in [0.15, 0.2) is 36.5 Å². The minimum atomic E-state index is -4.45. The second kappa shape index (κ2) is 16.7. The molecule has 1 aromatic heterocycles. The van der Waals surface area contributed by atoms with Crippen molar-refractivity contribution in [3.8, 4) is 11.6 Å². The molecule has 2 aliphatic carbocycles. The fourth-order valence-corrected chi connectivity index (χ4v) is 10.2. The molecule has 4 heterocycles. The number of rotatable bonds is 10. The Morgan fingerprint density at radius 3 is 2.53 bits per heavy atom. The van der Waals surface area contributed by atoms with Crippen molar-refractivity contribution < 1.29 is 55.0 Å². The molecule has 5 aliphatic rings. The molecule has 1 saturated heterocycles. The number of aromatic nitrogens is 1. The van der Waals surface area contributed by atoms with E-state index in [1.165, 1.54) is 4.90 Å². The number of alkyl carbamates (subject to hydrolysis) is 1. The number of benzene rings is 1. The molecule has 3 aliphatic heterocycles. The Balaban J connectivity index is 1.24. The van der Waals surface area contributed by atoms with Crippen LogP contribution in [0.4, 0.5) is 23.7 Å². The van der Waals surface area contributed by atoms with E-state index in [2.05, 4.69) is 25.2 Å². The summed E-state index contributed by atoms with van der Waals surface area (Å²) >= 11 is 0. The van der Waals surface area contributed by atoms with Crippen molar-refractivity contribution in [2.24, 2.45) is 17.8 Å². The lowest BCUT2D eigenvalue weighted by Crippen LogP contribution is -2.60. The van der Waals surface area contributed by atoms with Crippen LogP contribution >= 0.6 is 0 Å². The molecule has 7 atom stereocenters. The van der Waals surface area contributed by atoms with Crippen molar-refractivity contribution in [1.29, 1.82) is 0 Å². The van der Waals surface area contributed by atoms with E-state index in [0.717, 1.165) is 24.9 Å². The fraction of sp³-hybridized carbons (Fsp3) is 0.651. The number of carbonyl (C=O) groups is 4. The standard InChI is InChI=1S/C43H57F3N6O9S/c1-7-26-20-25(2)10-8-9-11-27-22-43(27,38(55)50-62(57,58)42(24-44)15-16-42)49-35(53)32-21-28(23-52(32)37(54)33(26)48-39(56)61-40(3,4)41(5,45)46)60-36-30-12-13-31-34(29(30)14-17-47-36)59-19-18-51(31)6/h9,11-14,17,25-28,32-33H,7-8,10,15-16,18-24H2,1-6H3,(H,48,56)(H,49,53)(H,50,55)/b11-9-/t25-,26+,27+,28+,32-,33-,43+/m0/s1. The second-order valence-electron chi connectivity index (χ2n) is 18.3. The Labute approximate surface area is 359 Å². The molecule has 7 rings (SSSR count). The maximum Gasteiger partial charge on any atom is 0.408 e. The molecule has 0 radical (unpaired) electrons. The number of hydrogen-bond acceptors (Lipinski definition) is 11. The maximum absolute atomic E-state index is 15.1. The second-order valence-corrected chi connectivity index (χ2v) is 20.4. The smallest absolute Gasteiger partial charge is 0.408 e. The van der Waals surface area contributed by atoms with E-state index in [-0.39, 0.29) is 44.0 Å². The summed E-state index contributed by atoms with van der Waals surface area (Å²) < 4.78 is 87.6. The summed E-state index contributed by atoms with van der Waals surface area (Å²) in [6.07, 6.45) is 5.09. The van der Waals surface area contributed by atoms with Crippen LogP contribution in [0.25, 0.3) is 10.8 Å². The molecule has 0 unspecified atom stereocenters. The fourth-order valence-electron chi connectivity index (χ4n) is 8.75. The maximum atomic E-state index is 15.1. The number of alkyl halides is 3. The zero-order valence-corrected chi connectivity index (χ0v) is 36.8.